The summed E-state index contributed by atoms with van der Waals surface area (Å²) in [5.41, 5.74) is -0.931. The Morgan fingerprint density at radius 3 is 1.27 bits per heavy atom. The predicted octanol–water partition coefficient (Wildman–Crippen LogP) is 9.87. The number of esters is 1. The number of ether oxygens (including phenoxy) is 3. The van der Waals surface area contributed by atoms with Crippen LogP contribution in [-0.4, -0.2) is 89.0 Å². The molecule has 0 aliphatic heterocycles. The lowest BCUT2D eigenvalue weighted by atomic mass is 9.96. The van der Waals surface area contributed by atoms with Crippen LogP contribution in [-0.2, 0) is 23.8 Å². The summed E-state index contributed by atoms with van der Waals surface area (Å²) in [5.74, 6) is -22.6. The van der Waals surface area contributed by atoms with Crippen LogP contribution in [0.4, 0.5) is 87.8 Å². The van der Waals surface area contributed by atoms with E-state index >= 15 is 0 Å². The number of carbonyl (C=O) groups is 2. The largest absolute Gasteiger partial charge is 0.462 e. The minimum absolute atomic E-state index is 0.290. The molecule has 0 aliphatic rings. The molecular formula is C24H22F20O5S2. The number of carbonyl (C=O) groups excluding carboxylic acids is 2. The first-order valence-corrected chi connectivity index (χ1v) is 14.7. The van der Waals surface area contributed by atoms with Crippen molar-refractivity contribution in [2.45, 2.75) is 92.4 Å². The average molecular weight is 835 g/mol. The fourth-order valence-electron chi connectivity index (χ4n) is 2.83. The van der Waals surface area contributed by atoms with E-state index in [1.807, 2.05) is 0 Å². The standard InChI is InChI=1S/C24H22F20O5S2/c1-9(2)12(45)6-5-11(7-50-17(27,28)15(25)48-23(41,42)19(31,32)21(35,36)37)13(47-14(46)10(3)4)8-51-18(29,30)16(26)49-24(43,44)20(33,34)22(38,39)40/h11,13,15-16H,1,3,5-8H2,2,4H3. The number of alkyl halides is 20. The quantitative estimate of drug-likeness (QED) is 0.0649. The Labute approximate surface area is 281 Å². The number of thioether (sulfide) groups is 2. The molecule has 0 aromatic heterocycles. The number of Topliss-reactive ketones (excluding diaryl/α,β-unsaturated/α-hetero) is 1. The molecule has 5 nitrogen and oxygen atoms in total. The lowest BCUT2D eigenvalue weighted by Crippen LogP contribution is -2.55. The maximum absolute atomic E-state index is 14.4. The van der Waals surface area contributed by atoms with Gasteiger partial charge in [0.2, 0.25) is 0 Å². The predicted molar refractivity (Wildman–Crippen MR) is 136 cm³/mol. The van der Waals surface area contributed by atoms with Gasteiger partial charge in [0, 0.05) is 29.4 Å². The molecule has 0 spiro atoms. The Bertz CT molecular complexity index is 1240. The van der Waals surface area contributed by atoms with Crippen LogP contribution >= 0.6 is 23.5 Å². The molecule has 0 saturated heterocycles. The summed E-state index contributed by atoms with van der Waals surface area (Å²) in [6.45, 7) is 8.12. The van der Waals surface area contributed by atoms with Gasteiger partial charge in [-0.05, 0) is 25.8 Å². The Kier molecular flexibility index (Phi) is 16.2. The normalized spacial score (nSPS) is 16.7. The zero-order chi connectivity index (χ0) is 41.0. The Morgan fingerprint density at radius 1 is 0.608 bits per heavy atom. The summed E-state index contributed by atoms with van der Waals surface area (Å²) in [4.78, 5) is 24.2. The van der Waals surface area contributed by atoms with Gasteiger partial charge >= 0.3 is 52.9 Å². The second-order valence-corrected chi connectivity index (χ2v) is 12.4. The first-order chi connectivity index (χ1) is 22.4. The van der Waals surface area contributed by atoms with E-state index in [9.17, 15) is 97.4 Å². The van der Waals surface area contributed by atoms with Gasteiger partial charge in [-0.3, -0.25) is 14.3 Å². The fourth-order valence-corrected chi connectivity index (χ4v) is 4.73. The molecule has 0 saturated carbocycles. The van der Waals surface area contributed by atoms with Crippen molar-refractivity contribution in [3.05, 3.63) is 24.3 Å². The molecule has 4 unspecified atom stereocenters. The molecule has 27 heteroatoms. The summed E-state index contributed by atoms with van der Waals surface area (Å²) in [6, 6.07) is 0. The van der Waals surface area contributed by atoms with E-state index in [-0.39, 0.29) is 5.57 Å². The van der Waals surface area contributed by atoms with E-state index in [2.05, 4.69) is 22.6 Å². The zero-order valence-corrected chi connectivity index (χ0v) is 26.6. The van der Waals surface area contributed by atoms with Crippen molar-refractivity contribution in [3.63, 3.8) is 0 Å². The lowest BCUT2D eigenvalue weighted by Gasteiger charge is -2.33. The third-order valence-corrected chi connectivity index (χ3v) is 7.99. The molecule has 0 aliphatic carbocycles. The van der Waals surface area contributed by atoms with Crippen molar-refractivity contribution in [2.75, 3.05) is 11.5 Å². The van der Waals surface area contributed by atoms with Gasteiger partial charge in [0.05, 0.1) is 0 Å². The van der Waals surface area contributed by atoms with Crippen molar-refractivity contribution >= 4 is 35.3 Å². The topological polar surface area (TPSA) is 61.8 Å². The van der Waals surface area contributed by atoms with Gasteiger partial charge in [-0.15, -0.1) is 0 Å². The summed E-state index contributed by atoms with van der Waals surface area (Å²) in [7, 11) is 0. The van der Waals surface area contributed by atoms with Crippen LogP contribution in [0, 0.1) is 5.92 Å². The molecule has 0 N–H and O–H groups in total. The zero-order valence-electron chi connectivity index (χ0n) is 25.0. The number of ketones is 1. The summed E-state index contributed by atoms with van der Waals surface area (Å²) >= 11 is -2.65. The Balaban J connectivity index is 6.48. The number of rotatable bonds is 21. The molecule has 4 atom stereocenters. The van der Waals surface area contributed by atoms with Gasteiger partial charge in [-0.1, -0.05) is 36.7 Å². The summed E-state index contributed by atoms with van der Waals surface area (Å²) in [6.07, 6.45) is -42.7. The molecule has 0 fully saturated rings. The molecule has 0 aromatic carbocycles. The van der Waals surface area contributed by atoms with Gasteiger partial charge in [-0.25, -0.2) is 13.6 Å². The first kappa shape index (κ1) is 48.8. The molecule has 0 amide bonds. The highest BCUT2D eigenvalue weighted by molar-refractivity contribution is 8.00. The second kappa shape index (κ2) is 16.9. The van der Waals surface area contributed by atoms with Crippen LogP contribution in [0.2, 0.25) is 0 Å². The van der Waals surface area contributed by atoms with Gasteiger partial charge in [-0.2, -0.15) is 79.0 Å². The summed E-state index contributed by atoms with van der Waals surface area (Å²) < 4.78 is 274. The number of allylic oxidation sites excluding steroid dienone is 1. The number of hydrogen-bond donors (Lipinski definition) is 0. The maximum Gasteiger partial charge on any atom is 0.462 e. The minimum atomic E-state index is -7.25. The Hall–Kier alpha value is -2.16. The smallest absolute Gasteiger partial charge is 0.458 e. The van der Waals surface area contributed by atoms with Crippen molar-refractivity contribution in [3.8, 4) is 0 Å². The summed E-state index contributed by atoms with van der Waals surface area (Å²) in [5, 5.41) is -11.2. The average Bonchev–Trinajstić information content (AvgIpc) is 2.93. The molecule has 0 radical (unpaired) electrons. The van der Waals surface area contributed by atoms with E-state index < -0.39 is 137 Å². The number of halogens is 20. The highest BCUT2D eigenvalue weighted by Crippen LogP contribution is 2.51. The molecule has 300 valence electrons. The van der Waals surface area contributed by atoms with Crippen LogP contribution in [0.3, 0.4) is 0 Å². The van der Waals surface area contributed by atoms with Gasteiger partial charge in [0.15, 0.2) is 5.78 Å². The molecule has 0 bridgehead atoms. The SMILES string of the molecule is C=C(C)C(=O)CCC(CSC(F)(F)C(F)OC(F)(F)C(F)(F)C(F)(F)F)C(CSC(F)(F)C(F)OC(F)(F)C(F)(F)C(F)(F)F)OC(=O)C(=C)C. The van der Waals surface area contributed by atoms with Crippen molar-refractivity contribution in [2.24, 2.45) is 5.92 Å². The third kappa shape index (κ3) is 12.7. The molecule has 0 rings (SSSR count). The van der Waals surface area contributed by atoms with Gasteiger partial charge < -0.3 is 4.74 Å². The number of hydrogen-bond acceptors (Lipinski definition) is 7. The molecule has 0 aromatic rings. The van der Waals surface area contributed by atoms with Crippen molar-refractivity contribution < 1.29 is 112 Å². The van der Waals surface area contributed by atoms with E-state index in [4.69, 9.17) is 4.74 Å². The van der Waals surface area contributed by atoms with E-state index in [1.165, 1.54) is 0 Å². The first-order valence-electron chi connectivity index (χ1n) is 12.7. The highest BCUT2D eigenvalue weighted by Gasteiger charge is 2.77. The second-order valence-electron chi connectivity index (χ2n) is 10.0. The lowest BCUT2D eigenvalue weighted by molar-refractivity contribution is -0.446. The minimum Gasteiger partial charge on any atom is -0.458 e. The van der Waals surface area contributed by atoms with E-state index in [1.54, 1.807) is 0 Å². The van der Waals surface area contributed by atoms with E-state index in [0.29, 0.717) is 0 Å². The van der Waals surface area contributed by atoms with Gasteiger partial charge in [0.1, 0.15) is 6.10 Å². The maximum atomic E-state index is 14.4. The van der Waals surface area contributed by atoms with E-state index in [0.717, 1.165) is 13.8 Å². The van der Waals surface area contributed by atoms with Crippen LogP contribution in [0.25, 0.3) is 0 Å². The van der Waals surface area contributed by atoms with Crippen LogP contribution < -0.4 is 0 Å². The Morgan fingerprint density at radius 2 is 0.961 bits per heavy atom. The van der Waals surface area contributed by atoms with Crippen LogP contribution in [0.15, 0.2) is 24.3 Å². The van der Waals surface area contributed by atoms with Crippen molar-refractivity contribution in [1.82, 2.24) is 0 Å². The highest BCUT2D eigenvalue weighted by atomic mass is 32.2. The fraction of sp³-hybridized carbons (Fsp3) is 0.750. The van der Waals surface area contributed by atoms with Crippen LogP contribution in [0.5, 0.6) is 0 Å². The van der Waals surface area contributed by atoms with Crippen LogP contribution in [0.1, 0.15) is 26.7 Å². The monoisotopic (exact) mass is 834 g/mol. The molecular weight excluding hydrogens is 812 g/mol. The third-order valence-electron chi connectivity index (χ3n) is 5.76. The van der Waals surface area contributed by atoms with Gasteiger partial charge in [0.25, 0.3) is 12.7 Å². The molecule has 51 heavy (non-hydrogen) atoms. The van der Waals surface area contributed by atoms with Crippen molar-refractivity contribution in [1.29, 1.82) is 0 Å². The molecule has 0 heterocycles.